The quantitative estimate of drug-likeness (QED) is 0.473. The van der Waals surface area contributed by atoms with Gasteiger partial charge in [0.25, 0.3) is 17.3 Å². The third-order valence-corrected chi connectivity index (χ3v) is 3.37. The molecule has 2 N–H and O–H groups in total. The Kier molecular flexibility index (Phi) is 5.57. The van der Waals surface area contributed by atoms with E-state index in [1.807, 2.05) is 0 Å². The van der Waals surface area contributed by atoms with Gasteiger partial charge in [-0.25, -0.2) is 0 Å². The van der Waals surface area contributed by atoms with E-state index in [0.717, 1.165) is 18.2 Å². The van der Waals surface area contributed by atoms with Crippen molar-refractivity contribution in [2.24, 2.45) is 0 Å². The Morgan fingerprint density at radius 3 is 2.00 bits per heavy atom. The van der Waals surface area contributed by atoms with Crippen molar-refractivity contribution in [2.45, 2.75) is 0 Å². The number of carbonyl (C=O) groups is 1. The summed E-state index contributed by atoms with van der Waals surface area (Å²) >= 11 is 10.7. The average molecular weight is 381 g/mol. The summed E-state index contributed by atoms with van der Waals surface area (Å²) in [7, 11) is 0. The summed E-state index contributed by atoms with van der Waals surface area (Å²) in [6.07, 6.45) is 0. The number of hydrogen-bond donors (Lipinski definition) is 2. The molecule has 0 aliphatic heterocycles. The zero-order valence-electron chi connectivity index (χ0n) is 12.3. The van der Waals surface area contributed by atoms with Gasteiger partial charge in [0.05, 0.1) is 21.5 Å². The largest absolute Gasteiger partial charge is 0.332 e. The summed E-state index contributed by atoms with van der Waals surface area (Å²) in [6, 6.07) is 9.08. The van der Waals surface area contributed by atoms with Crippen LogP contribution in [0.5, 0.6) is 0 Å². The van der Waals surface area contributed by atoms with Gasteiger partial charge in [0.2, 0.25) is 0 Å². The van der Waals surface area contributed by atoms with Crippen LogP contribution in [0.25, 0.3) is 0 Å². The summed E-state index contributed by atoms with van der Waals surface area (Å²) in [6.45, 7) is 0. The van der Waals surface area contributed by atoms with Crippen LogP contribution in [0, 0.1) is 20.2 Å². The van der Waals surface area contributed by atoms with Crippen LogP contribution in [0.2, 0.25) is 5.02 Å². The topological polar surface area (TPSA) is 127 Å². The maximum absolute atomic E-state index is 12.1. The highest BCUT2D eigenvalue weighted by atomic mass is 35.5. The fourth-order valence-electron chi connectivity index (χ4n) is 1.81. The molecule has 0 heterocycles. The van der Waals surface area contributed by atoms with Gasteiger partial charge in [-0.1, -0.05) is 11.6 Å². The second-order valence-corrected chi connectivity index (χ2v) is 5.51. The highest BCUT2D eigenvalue weighted by molar-refractivity contribution is 7.80. The highest BCUT2D eigenvalue weighted by Crippen LogP contribution is 2.22. The Bertz CT molecular complexity index is 840. The molecule has 0 aliphatic carbocycles. The van der Waals surface area contributed by atoms with E-state index in [-0.39, 0.29) is 10.7 Å². The van der Waals surface area contributed by atoms with Crippen LogP contribution in [0.4, 0.5) is 17.1 Å². The molecule has 1 amide bonds. The van der Waals surface area contributed by atoms with E-state index in [4.69, 9.17) is 23.8 Å². The van der Waals surface area contributed by atoms with E-state index in [2.05, 4.69) is 10.6 Å². The van der Waals surface area contributed by atoms with E-state index >= 15 is 0 Å². The number of non-ortho nitro benzene ring substituents is 2. The van der Waals surface area contributed by atoms with E-state index in [0.29, 0.717) is 10.7 Å². The lowest BCUT2D eigenvalue weighted by molar-refractivity contribution is -0.394. The molecular formula is C14H9ClN4O5S. The molecule has 0 unspecified atom stereocenters. The minimum absolute atomic E-state index is 0.0820. The molecule has 0 fully saturated rings. The maximum Gasteiger partial charge on any atom is 0.277 e. The smallest absolute Gasteiger partial charge is 0.277 e. The standard InChI is InChI=1S/C14H9ClN4O5S/c15-9-1-3-10(4-2-9)16-14(25)17-13(20)8-5-11(18(21)22)7-12(6-8)19(23)24/h1-7H,(H2,16,17,20,25). The first kappa shape index (κ1) is 18.2. The van der Waals surface area contributed by atoms with E-state index in [9.17, 15) is 25.0 Å². The predicted octanol–water partition coefficient (Wildman–Crippen LogP) is 3.28. The maximum atomic E-state index is 12.1. The van der Waals surface area contributed by atoms with Crippen molar-refractivity contribution in [3.63, 3.8) is 0 Å². The number of anilines is 1. The number of amides is 1. The first-order valence-corrected chi connectivity index (χ1v) is 7.36. The zero-order chi connectivity index (χ0) is 18.6. The van der Waals surface area contributed by atoms with Crippen LogP contribution in [0.1, 0.15) is 10.4 Å². The fourth-order valence-corrected chi connectivity index (χ4v) is 2.14. The lowest BCUT2D eigenvalue weighted by Crippen LogP contribution is -2.34. The minimum atomic E-state index is -0.825. The second-order valence-electron chi connectivity index (χ2n) is 4.67. The van der Waals surface area contributed by atoms with Crippen molar-refractivity contribution in [1.29, 1.82) is 0 Å². The summed E-state index contributed by atoms with van der Waals surface area (Å²) in [5.41, 5.74) is -0.854. The number of hydrogen-bond acceptors (Lipinski definition) is 6. The van der Waals surface area contributed by atoms with Crippen LogP contribution < -0.4 is 10.6 Å². The van der Waals surface area contributed by atoms with E-state index in [1.54, 1.807) is 24.3 Å². The summed E-state index contributed by atoms with van der Waals surface area (Å²) in [5, 5.41) is 27.1. The summed E-state index contributed by atoms with van der Waals surface area (Å²) in [5.74, 6) is -0.821. The van der Waals surface area contributed by atoms with Gasteiger partial charge in [0, 0.05) is 22.8 Å². The minimum Gasteiger partial charge on any atom is -0.332 e. The van der Waals surface area contributed by atoms with Crippen molar-refractivity contribution in [3.8, 4) is 0 Å². The van der Waals surface area contributed by atoms with Gasteiger partial charge in [-0.15, -0.1) is 0 Å². The Morgan fingerprint density at radius 1 is 1.00 bits per heavy atom. The number of halogens is 1. The Labute approximate surface area is 150 Å². The number of thiocarbonyl (C=S) groups is 1. The molecule has 0 radical (unpaired) electrons. The third kappa shape index (κ3) is 4.93. The van der Waals surface area contributed by atoms with Gasteiger partial charge in [0.15, 0.2) is 5.11 Å². The average Bonchev–Trinajstić information content (AvgIpc) is 2.56. The van der Waals surface area contributed by atoms with Gasteiger partial charge < -0.3 is 5.32 Å². The number of nitro groups is 2. The highest BCUT2D eigenvalue weighted by Gasteiger charge is 2.20. The van der Waals surface area contributed by atoms with Crippen molar-refractivity contribution in [1.82, 2.24) is 5.32 Å². The van der Waals surface area contributed by atoms with Gasteiger partial charge >= 0.3 is 0 Å². The van der Waals surface area contributed by atoms with Crippen LogP contribution in [0.15, 0.2) is 42.5 Å². The van der Waals surface area contributed by atoms with E-state index < -0.39 is 27.1 Å². The van der Waals surface area contributed by atoms with Gasteiger partial charge in [-0.2, -0.15) is 0 Å². The number of nitrogens with zero attached hydrogens (tertiary/aromatic N) is 2. The number of rotatable bonds is 4. The fraction of sp³-hybridized carbons (Fsp3) is 0. The molecule has 2 aromatic carbocycles. The molecule has 9 nitrogen and oxygen atoms in total. The van der Waals surface area contributed by atoms with Crippen LogP contribution in [-0.4, -0.2) is 20.9 Å². The zero-order valence-corrected chi connectivity index (χ0v) is 13.8. The summed E-state index contributed by atoms with van der Waals surface area (Å²) < 4.78 is 0. The predicted molar refractivity (Wildman–Crippen MR) is 94.9 cm³/mol. The Balaban J connectivity index is 2.16. The first-order valence-electron chi connectivity index (χ1n) is 6.58. The van der Waals surface area contributed by atoms with Gasteiger partial charge in [-0.05, 0) is 36.5 Å². The first-order chi connectivity index (χ1) is 11.8. The number of benzene rings is 2. The van der Waals surface area contributed by atoms with Crippen LogP contribution >= 0.6 is 23.8 Å². The lowest BCUT2D eigenvalue weighted by Gasteiger charge is -2.09. The van der Waals surface area contributed by atoms with Gasteiger partial charge in [0.1, 0.15) is 0 Å². The second kappa shape index (κ2) is 7.64. The number of carbonyl (C=O) groups excluding carboxylic acids is 1. The van der Waals surface area contributed by atoms with E-state index in [1.165, 1.54) is 0 Å². The molecule has 25 heavy (non-hydrogen) atoms. The molecule has 2 aromatic rings. The van der Waals surface area contributed by atoms with Gasteiger partial charge in [-0.3, -0.25) is 30.3 Å². The van der Waals surface area contributed by atoms with Crippen molar-refractivity contribution < 1.29 is 14.6 Å². The molecule has 0 spiro atoms. The molecule has 0 aromatic heterocycles. The van der Waals surface area contributed by atoms with Crippen molar-refractivity contribution >= 4 is 51.9 Å². The summed E-state index contributed by atoms with van der Waals surface area (Å²) in [4.78, 5) is 32.2. The molecule has 11 heteroatoms. The number of nitro benzene ring substituents is 2. The molecule has 0 saturated heterocycles. The number of nitrogens with one attached hydrogen (secondary N) is 2. The molecule has 0 saturated carbocycles. The SMILES string of the molecule is O=C(NC(=S)Nc1ccc(Cl)cc1)c1cc([N+](=O)[O-])cc([N+](=O)[O-])c1. The molecule has 0 aliphatic rings. The normalized spacial score (nSPS) is 9.96. The molecule has 0 bridgehead atoms. The molecule has 0 atom stereocenters. The van der Waals surface area contributed by atoms with Crippen LogP contribution in [0.3, 0.4) is 0 Å². The third-order valence-electron chi connectivity index (χ3n) is 2.92. The van der Waals surface area contributed by atoms with Crippen LogP contribution in [-0.2, 0) is 0 Å². The molecule has 128 valence electrons. The van der Waals surface area contributed by atoms with Crippen molar-refractivity contribution in [3.05, 3.63) is 73.3 Å². The monoisotopic (exact) mass is 380 g/mol. The van der Waals surface area contributed by atoms with Crippen molar-refractivity contribution in [2.75, 3.05) is 5.32 Å². The Hall–Kier alpha value is -3.11. The molecule has 2 rings (SSSR count). The molecular weight excluding hydrogens is 372 g/mol. The Morgan fingerprint density at radius 2 is 1.52 bits per heavy atom. The lowest BCUT2D eigenvalue weighted by atomic mass is 10.1.